The van der Waals surface area contributed by atoms with Gasteiger partial charge < -0.3 is 10.1 Å². The Morgan fingerprint density at radius 3 is 2.52 bits per heavy atom. The summed E-state index contributed by atoms with van der Waals surface area (Å²) in [5.74, 6) is -0.948. The summed E-state index contributed by atoms with van der Waals surface area (Å²) in [5.41, 5.74) is 2.13. The third-order valence-corrected chi connectivity index (χ3v) is 4.24. The number of nitrogens with zero attached hydrogens (tertiary/aromatic N) is 2. The maximum absolute atomic E-state index is 12.1. The topological polar surface area (TPSA) is 81.2 Å². The van der Waals surface area contributed by atoms with Crippen LogP contribution in [0.3, 0.4) is 0 Å². The fourth-order valence-electron chi connectivity index (χ4n) is 1.96. The fourth-order valence-corrected chi connectivity index (χ4v) is 2.88. The first-order valence-corrected chi connectivity index (χ1v) is 8.91. The minimum Gasteiger partial charge on any atom is -0.452 e. The number of benzene rings is 1. The Morgan fingerprint density at radius 1 is 1.24 bits per heavy atom. The largest absolute Gasteiger partial charge is 0.452 e. The van der Waals surface area contributed by atoms with Gasteiger partial charge in [-0.25, -0.2) is 9.97 Å². The van der Waals surface area contributed by atoms with Crippen molar-refractivity contribution in [1.82, 2.24) is 9.97 Å². The fraction of sp³-hybridized carbons (Fsp3) is 0.294. The Morgan fingerprint density at radius 2 is 1.88 bits per heavy atom. The molecule has 0 spiro atoms. The zero-order valence-corrected chi connectivity index (χ0v) is 15.6. The monoisotopic (exact) mass is 379 g/mol. The van der Waals surface area contributed by atoms with Crippen molar-refractivity contribution in [3.8, 4) is 0 Å². The number of thioether (sulfide) groups is 1. The summed E-state index contributed by atoms with van der Waals surface area (Å²) in [5, 5.41) is 3.54. The standard InChI is InChI=1S/C17H18ClN3O3S/c1-10-8-11(2)20-17(19-10)25-9-15(22)24-12(3)16(23)21-14-7-5-4-6-13(14)18/h4-8,12H,9H2,1-3H3,(H,21,23)/t12-/m1/s1. The molecular formula is C17H18ClN3O3S. The van der Waals surface area contributed by atoms with Gasteiger partial charge in [0.2, 0.25) is 0 Å². The van der Waals surface area contributed by atoms with Gasteiger partial charge in [-0.3, -0.25) is 9.59 Å². The predicted octanol–water partition coefficient (Wildman–Crippen LogP) is 3.41. The van der Waals surface area contributed by atoms with Crippen molar-refractivity contribution in [1.29, 1.82) is 0 Å². The average molecular weight is 380 g/mol. The van der Waals surface area contributed by atoms with E-state index in [1.807, 2.05) is 19.9 Å². The minimum atomic E-state index is -0.940. The molecule has 1 atom stereocenters. The number of amides is 1. The molecule has 0 radical (unpaired) electrons. The molecule has 8 heteroatoms. The number of ether oxygens (including phenoxy) is 1. The van der Waals surface area contributed by atoms with Crippen LogP contribution in [0.25, 0.3) is 0 Å². The maximum atomic E-state index is 12.1. The Hall–Kier alpha value is -2.12. The van der Waals surface area contributed by atoms with E-state index in [0.717, 1.165) is 11.4 Å². The van der Waals surface area contributed by atoms with Crippen molar-refractivity contribution >= 4 is 40.9 Å². The van der Waals surface area contributed by atoms with Gasteiger partial charge in [-0.2, -0.15) is 0 Å². The average Bonchev–Trinajstić information content (AvgIpc) is 2.54. The van der Waals surface area contributed by atoms with Crippen LogP contribution in [0.2, 0.25) is 5.02 Å². The van der Waals surface area contributed by atoms with E-state index in [4.69, 9.17) is 16.3 Å². The quantitative estimate of drug-likeness (QED) is 0.470. The van der Waals surface area contributed by atoms with E-state index >= 15 is 0 Å². The number of halogens is 1. The first-order chi connectivity index (χ1) is 11.8. The van der Waals surface area contributed by atoms with Crippen molar-refractivity contribution in [2.24, 2.45) is 0 Å². The van der Waals surface area contributed by atoms with Gasteiger partial charge in [-0.05, 0) is 39.0 Å². The van der Waals surface area contributed by atoms with Gasteiger partial charge in [0, 0.05) is 11.4 Å². The minimum absolute atomic E-state index is 0.0204. The molecule has 2 aromatic rings. The number of hydrogen-bond acceptors (Lipinski definition) is 6. The lowest BCUT2D eigenvalue weighted by molar-refractivity contribution is -0.150. The highest BCUT2D eigenvalue weighted by Crippen LogP contribution is 2.21. The van der Waals surface area contributed by atoms with Crippen molar-refractivity contribution in [2.75, 3.05) is 11.1 Å². The molecule has 0 saturated carbocycles. The van der Waals surface area contributed by atoms with E-state index < -0.39 is 18.0 Å². The van der Waals surface area contributed by atoms with Crippen LogP contribution in [0.4, 0.5) is 5.69 Å². The molecule has 0 saturated heterocycles. The third-order valence-electron chi connectivity index (χ3n) is 3.09. The second-order valence-electron chi connectivity index (χ2n) is 5.32. The van der Waals surface area contributed by atoms with Crippen LogP contribution >= 0.6 is 23.4 Å². The molecule has 132 valence electrons. The summed E-state index contributed by atoms with van der Waals surface area (Å²) in [4.78, 5) is 32.5. The van der Waals surface area contributed by atoms with Gasteiger partial charge in [-0.1, -0.05) is 35.5 Å². The Balaban J connectivity index is 1.85. The summed E-state index contributed by atoms with van der Waals surface area (Å²) in [6, 6.07) is 8.69. The smallest absolute Gasteiger partial charge is 0.317 e. The molecule has 1 aromatic carbocycles. The van der Waals surface area contributed by atoms with Crippen molar-refractivity contribution in [3.05, 3.63) is 46.7 Å². The molecule has 0 bridgehead atoms. The maximum Gasteiger partial charge on any atom is 0.317 e. The van der Waals surface area contributed by atoms with E-state index in [2.05, 4.69) is 15.3 Å². The summed E-state index contributed by atoms with van der Waals surface area (Å²) in [6.07, 6.45) is -0.940. The van der Waals surface area contributed by atoms with E-state index in [1.54, 1.807) is 24.3 Å². The first kappa shape index (κ1) is 19.2. The second kappa shape index (κ2) is 8.82. The van der Waals surface area contributed by atoms with Crippen LogP contribution < -0.4 is 5.32 Å². The summed E-state index contributed by atoms with van der Waals surface area (Å²) in [6.45, 7) is 5.22. The number of nitrogens with one attached hydrogen (secondary N) is 1. The Labute approximate surface area is 155 Å². The Bertz CT molecular complexity index is 765. The predicted molar refractivity (Wildman–Crippen MR) is 97.9 cm³/mol. The van der Waals surface area contributed by atoms with E-state index in [0.29, 0.717) is 15.9 Å². The van der Waals surface area contributed by atoms with Gasteiger partial charge in [0.05, 0.1) is 16.5 Å². The SMILES string of the molecule is Cc1cc(C)nc(SCC(=O)O[C@H](C)C(=O)Nc2ccccc2Cl)n1. The molecule has 1 aromatic heterocycles. The number of anilines is 1. The number of carbonyl (C=O) groups excluding carboxylic acids is 2. The van der Waals surface area contributed by atoms with Crippen LogP contribution in [-0.4, -0.2) is 33.7 Å². The number of carbonyl (C=O) groups is 2. The molecule has 0 aliphatic carbocycles. The number of rotatable bonds is 6. The highest BCUT2D eigenvalue weighted by atomic mass is 35.5. The van der Waals surface area contributed by atoms with Gasteiger partial charge in [-0.15, -0.1) is 0 Å². The van der Waals surface area contributed by atoms with Crippen LogP contribution in [0, 0.1) is 13.8 Å². The first-order valence-electron chi connectivity index (χ1n) is 7.55. The van der Waals surface area contributed by atoms with Crippen molar-refractivity contribution < 1.29 is 14.3 Å². The highest BCUT2D eigenvalue weighted by Gasteiger charge is 2.19. The molecule has 2 rings (SSSR count). The molecule has 0 aliphatic heterocycles. The van der Waals surface area contributed by atoms with Gasteiger partial charge in [0.1, 0.15) is 0 Å². The Kier molecular flexibility index (Phi) is 6.78. The lowest BCUT2D eigenvalue weighted by Crippen LogP contribution is -2.30. The molecule has 25 heavy (non-hydrogen) atoms. The normalized spacial score (nSPS) is 11.7. The number of para-hydroxylation sites is 1. The highest BCUT2D eigenvalue weighted by molar-refractivity contribution is 7.99. The van der Waals surface area contributed by atoms with Crippen molar-refractivity contribution in [3.63, 3.8) is 0 Å². The van der Waals surface area contributed by atoms with E-state index in [9.17, 15) is 9.59 Å². The lowest BCUT2D eigenvalue weighted by atomic mass is 10.3. The molecule has 6 nitrogen and oxygen atoms in total. The molecule has 0 fully saturated rings. The molecule has 1 amide bonds. The molecule has 0 aliphatic rings. The van der Waals surface area contributed by atoms with Gasteiger partial charge in [0.25, 0.3) is 5.91 Å². The van der Waals surface area contributed by atoms with Crippen LogP contribution in [0.15, 0.2) is 35.5 Å². The number of hydrogen-bond donors (Lipinski definition) is 1. The number of aryl methyl sites for hydroxylation is 2. The molecular weight excluding hydrogens is 362 g/mol. The number of esters is 1. The summed E-state index contributed by atoms with van der Waals surface area (Å²) >= 11 is 7.15. The lowest BCUT2D eigenvalue weighted by Gasteiger charge is -2.14. The van der Waals surface area contributed by atoms with E-state index in [-0.39, 0.29) is 5.75 Å². The number of aromatic nitrogens is 2. The van der Waals surface area contributed by atoms with Gasteiger partial charge >= 0.3 is 5.97 Å². The molecule has 1 N–H and O–H groups in total. The zero-order chi connectivity index (χ0) is 18.4. The van der Waals surface area contributed by atoms with Crippen LogP contribution in [0.1, 0.15) is 18.3 Å². The van der Waals surface area contributed by atoms with Crippen LogP contribution in [-0.2, 0) is 14.3 Å². The van der Waals surface area contributed by atoms with Crippen molar-refractivity contribution in [2.45, 2.75) is 32.0 Å². The summed E-state index contributed by atoms with van der Waals surface area (Å²) in [7, 11) is 0. The molecule has 1 heterocycles. The van der Waals surface area contributed by atoms with E-state index in [1.165, 1.54) is 18.7 Å². The summed E-state index contributed by atoms with van der Waals surface area (Å²) < 4.78 is 5.14. The zero-order valence-electron chi connectivity index (χ0n) is 14.1. The van der Waals surface area contributed by atoms with Gasteiger partial charge in [0.15, 0.2) is 11.3 Å². The van der Waals surface area contributed by atoms with Crippen LogP contribution in [0.5, 0.6) is 0 Å². The second-order valence-corrected chi connectivity index (χ2v) is 6.67. The molecule has 0 unspecified atom stereocenters. The third kappa shape index (κ3) is 6.03.